The SMILES string of the molecule is CCNC(=NCc1cccc(NC(=O)CC(C)C)c1)NCc1coc(-c2ccccc2)n1. The Hall–Kier alpha value is -3.61. The Balaban J connectivity index is 1.59. The number of nitrogens with zero attached hydrogens (tertiary/aromatic N) is 2. The Morgan fingerprint density at radius 2 is 1.91 bits per heavy atom. The highest BCUT2D eigenvalue weighted by molar-refractivity contribution is 5.90. The molecule has 0 saturated carbocycles. The first kappa shape index (κ1) is 23.1. The minimum absolute atomic E-state index is 0.0261. The zero-order valence-electron chi connectivity index (χ0n) is 18.9. The fourth-order valence-corrected chi connectivity index (χ4v) is 3.12. The first-order valence-electron chi connectivity index (χ1n) is 10.9. The summed E-state index contributed by atoms with van der Waals surface area (Å²) in [6.07, 6.45) is 2.16. The number of carbonyl (C=O) groups is 1. The minimum Gasteiger partial charge on any atom is -0.444 e. The summed E-state index contributed by atoms with van der Waals surface area (Å²) in [6, 6.07) is 17.6. The molecule has 0 atom stereocenters. The van der Waals surface area contributed by atoms with E-state index >= 15 is 0 Å². The van der Waals surface area contributed by atoms with E-state index in [1.807, 2.05) is 75.4 Å². The molecular weight excluding hydrogens is 402 g/mol. The number of hydrogen-bond acceptors (Lipinski definition) is 4. The lowest BCUT2D eigenvalue weighted by Crippen LogP contribution is -2.36. The van der Waals surface area contributed by atoms with Gasteiger partial charge in [-0.1, -0.05) is 44.2 Å². The summed E-state index contributed by atoms with van der Waals surface area (Å²) in [7, 11) is 0. The van der Waals surface area contributed by atoms with Gasteiger partial charge in [-0.25, -0.2) is 9.98 Å². The van der Waals surface area contributed by atoms with Crippen LogP contribution in [0.1, 0.15) is 38.4 Å². The number of benzene rings is 2. The number of rotatable bonds is 9. The molecule has 0 spiro atoms. The van der Waals surface area contributed by atoms with Crippen molar-refractivity contribution < 1.29 is 9.21 Å². The summed E-state index contributed by atoms with van der Waals surface area (Å²) in [4.78, 5) is 21.2. The summed E-state index contributed by atoms with van der Waals surface area (Å²) < 4.78 is 5.60. The first-order valence-corrected chi connectivity index (χ1v) is 10.9. The zero-order valence-corrected chi connectivity index (χ0v) is 18.9. The Morgan fingerprint density at radius 1 is 1.09 bits per heavy atom. The highest BCUT2D eigenvalue weighted by Gasteiger charge is 2.08. The van der Waals surface area contributed by atoms with Crippen LogP contribution in [-0.2, 0) is 17.9 Å². The average molecular weight is 434 g/mol. The molecule has 0 fully saturated rings. The lowest BCUT2D eigenvalue weighted by molar-refractivity contribution is -0.116. The molecule has 0 unspecified atom stereocenters. The van der Waals surface area contributed by atoms with Crippen molar-refractivity contribution in [3.63, 3.8) is 0 Å². The molecule has 3 aromatic rings. The Kier molecular flexibility index (Phi) is 8.43. The standard InChI is InChI=1S/C25H31N5O2/c1-4-26-25(28-16-22-17-32-24(30-22)20-10-6-5-7-11-20)27-15-19-9-8-12-21(14-19)29-23(31)13-18(2)3/h5-12,14,17-18H,4,13,15-16H2,1-3H3,(H,29,31)(H2,26,27,28). The molecule has 0 saturated heterocycles. The van der Waals surface area contributed by atoms with Gasteiger partial charge >= 0.3 is 0 Å². The third-order valence-corrected chi connectivity index (χ3v) is 4.58. The molecule has 2 aromatic carbocycles. The van der Waals surface area contributed by atoms with Gasteiger partial charge in [-0.2, -0.15) is 0 Å². The van der Waals surface area contributed by atoms with Gasteiger partial charge in [-0.15, -0.1) is 0 Å². The number of guanidine groups is 1. The highest BCUT2D eigenvalue weighted by atomic mass is 16.3. The Bertz CT molecular complexity index is 1030. The van der Waals surface area contributed by atoms with Gasteiger partial charge in [0.25, 0.3) is 0 Å². The van der Waals surface area contributed by atoms with Gasteiger partial charge in [-0.05, 0) is 42.7 Å². The van der Waals surface area contributed by atoms with E-state index in [1.54, 1.807) is 6.26 Å². The maximum Gasteiger partial charge on any atom is 0.226 e. The predicted molar refractivity (Wildman–Crippen MR) is 128 cm³/mol. The molecule has 0 aliphatic carbocycles. The van der Waals surface area contributed by atoms with Crippen molar-refractivity contribution in [2.75, 3.05) is 11.9 Å². The number of aliphatic imine (C=N–C) groups is 1. The number of carbonyl (C=O) groups excluding carboxylic acids is 1. The second-order valence-electron chi connectivity index (χ2n) is 7.91. The van der Waals surface area contributed by atoms with Crippen LogP contribution in [0.5, 0.6) is 0 Å². The first-order chi connectivity index (χ1) is 15.5. The van der Waals surface area contributed by atoms with Crippen molar-refractivity contribution in [1.29, 1.82) is 0 Å². The maximum atomic E-state index is 12.0. The van der Waals surface area contributed by atoms with Crippen LogP contribution < -0.4 is 16.0 Å². The second kappa shape index (κ2) is 11.7. The predicted octanol–water partition coefficient (Wildman–Crippen LogP) is 4.58. The van der Waals surface area contributed by atoms with E-state index in [0.717, 1.165) is 29.1 Å². The van der Waals surface area contributed by atoms with Gasteiger partial charge in [0.2, 0.25) is 11.8 Å². The van der Waals surface area contributed by atoms with E-state index in [2.05, 4.69) is 25.9 Å². The number of oxazole rings is 1. The largest absolute Gasteiger partial charge is 0.444 e. The van der Waals surface area contributed by atoms with Crippen molar-refractivity contribution in [3.05, 3.63) is 72.1 Å². The molecule has 7 nitrogen and oxygen atoms in total. The van der Waals surface area contributed by atoms with Crippen LogP contribution >= 0.6 is 0 Å². The van der Waals surface area contributed by atoms with E-state index in [9.17, 15) is 4.79 Å². The molecule has 0 radical (unpaired) electrons. The van der Waals surface area contributed by atoms with Gasteiger partial charge in [0.1, 0.15) is 6.26 Å². The molecule has 3 rings (SSSR count). The van der Waals surface area contributed by atoms with Crippen molar-refractivity contribution in [3.8, 4) is 11.5 Å². The normalized spacial score (nSPS) is 11.4. The van der Waals surface area contributed by atoms with Crippen molar-refractivity contribution in [1.82, 2.24) is 15.6 Å². The van der Waals surface area contributed by atoms with Gasteiger partial charge in [0.05, 0.1) is 18.8 Å². The fourth-order valence-electron chi connectivity index (χ4n) is 3.12. The van der Waals surface area contributed by atoms with E-state index in [4.69, 9.17) is 4.42 Å². The van der Waals surface area contributed by atoms with Crippen LogP contribution in [0.15, 0.2) is 70.3 Å². The summed E-state index contributed by atoms with van der Waals surface area (Å²) >= 11 is 0. The van der Waals surface area contributed by atoms with Gasteiger partial charge in [0.15, 0.2) is 5.96 Å². The number of aromatic nitrogens is 1. The van der Waals surface area contributed by atoms with E-state index in [-0.39, 0.29) is 5.91 Å². The monoisotopic (exact) mass is 433 g/mol. The van der Waals surface area contributed by atoms with E-state index in [1.165, 1.54) is 0 Å². The number of amides is 1. The molecule has 1 heterocycles. The fraction of sp³-hybridized carbons (Fsp3) is 0.320. The molecule has 7 heteroatoms. The van der Waals surface area contributed by atoms with Crippen molar-refractivity contribution >= 4 is 17.6 Å². The van der Waals surface area contributed by atoms with Crippen LogP contribution in [0, 0.1) is 5.92 Å². The second-order valence-corrected chi connectivity index (χ2v) is 7.91. The Morgan fingerprint density at radius 3 is 2.66 bits per heavy atom. The van der Waals surface area contributed by atoms with E-state index < -0.39 is 0 Å². The quantitative estimate of drug-likeness (QED) is 0.339. The number of anilines is 1. The van der Waals surface area contributed by atoms with Crippen LogP contribution in [0.4, 0.5) is 5.69 Å². The summed E-state index contributed by atoms with van der Waals surface area (Å²) in [5, 5.41) is 9.48. The molecule has 0 aliphatic rings. The summed E-state index contributed by atoms with van der Waals surface area (Å²) in [6.45, 7) is 7.80. The smallest absolute Gasteiger partial charge is 0.226 e. The number of nitrogens with one attached hydrogen (secondary N) is 3. The Labute approximate surface area is 189 Å². The van der Waals surface area contributed by atoms with Gasteiger partial charge < -0.3 is 20.4 Å². The third-order valence-electron chi connectivity index (χ3n) is 4.58. The summed E-state index contributed by atoms with van der Waals surface area (Å²) in [5.41, 5.74) is 3.54. The van der Waals surface area contributed by atoms with Crippen molar-refractivity contribution in [2.45, 2.75) is 40.3 Å². The van der Waals surface area contributed by atoms with Crippen LogP contribution in [0.2, 0.25) is 0 Å². The third kappa shape index (κ3) is 7.27. The van der Waals surface area contributed by atoms with Gasteiger partial charge in [0, 0.05) is 24.2 Å². The molecule has 0 bridgehead atoms. The lowest BCUT2D eigenvalue weighted by Gasteiger charge is -2.11. The van der Waals surface area contributed by atoms with Crippen LogP contribution in [0.25, 0.3) is 11.5 Å². The molecule has 168 valence electrons. The van der Waals surface area contributed by atoms with Crippen LogP contribution in [0.3, 0.4) is 0 Å². The lowest BCUT2D eigenvalue weighted by atomic mass is 10.1. The van der Waals surface area contributed by atoms with Crippen LogP contribution in [-0.4, -0.2) is 23.4 Å². The number of hydrogen-bond donors (Lipinski definition) is 3. The molecule has 32 heavy (non-hydrogen) atoms. The maximum absolute atomic E-state index is 12.0. The molecule has 1 aromatic heterocycles. The highest BCUT2D eigenvalue weighted by Crippen LogP contribution is 2.18. The van der Waals surface area contributed by atoms with Crippen molar-refractivity contribution in [2.24, 2.45) is 10.9 Å². The molecular formula is C25H31N5O2. The topological polar surface area (TPSA) is 91.5 Å². The zero-order chi connectivity index (χ0) is 22.8. The molecule has 3 N–H and O–H groups in total. The van der Waals surface area contributed by atoms with E-state index in [0.29, 0.717) is 37.3 Å². The molecule has 0 aliphatic heterocycles. The minimum atomic E-state index is 0.0261. The summed E-state index contributed by atoms with van der Waals surface area (Å²) in [5.74, 6) is 1.63. The van der Waals surface area contributed by atoms with Gasteiger partial charge in [-0.3, -0.25) is 4.79 Å². The molecule has 1 amide bonds. The average Bonchev–Trinajstić information content (AvgIpc) is 3.25.